The zero-order chi connectivity index (χ0) is 14.7. The lowest BCUT2D eigenvalue weighted by molar-refractivity contribution is -0.148. The number of piperidine rings is 1. The molecule has 1 aliphatic heterocycles. The van der Waals surface area contributed by atoms with Crippen LogP contribution in [0.15, 0.2) is 22.0 Å². The predicted octanol–water partition coefficient (Wildman–Crippen LogP) is 2.33. The van der Waals surface area contributed by atoms with Crippen LogP contribution in [0.3, 0.4) is 0 Å². The Labute approximate surface area is 126 Å². The van der Waals surface area contributed by atoms with Gasteiger partial charge in [-0.25, -0.2) is 0 Å². The molecule has 21 heavy (non-hydrogen) atoms. The van der Waals surface area contributed by atoms with E-state index < -0.39 is 0 Å². The van der Waals surface area contributed by atoms with Gasteiger partial charge >= 0.3 is 5.97 Å². The van der Waals surface area contributed by atoms with E-state index in [1.807, 2.05) is 17.5 Å². The first-order valence-electron chi connectivity index (χ1n) is 6.96. The number of hydrogen-bond acceptors (Lipinski definition) is 7. The third-order valence-electron chi connectivity index (χ3n) is 3.63. The minimum absolute atomic E-state index is 0.187. The SMILES string of the molecule is COC(=O)C1CCCCN1Cc1nc(-c2cccs2)no1. The topological polar surface area (TPSA) is 68.5 Å². The van der Waals surface area contributed by atoms with Crippen molar-refractivity contribution in [2.45, 2.75) is 31.8 Å². The van der Waals surface area contributed by atoms with Gasteiger partial charge in [0, 0.05) is 0 Å². The average Bonchev–Trinajstić information content (AvgIpc) is 3.18. The molecule has 1 saturated heterocycles. The van der Waals surface area contributed by atoms with Gasteiger partial charge < -0.3 is 9.26 Å². The molecule has 1 aliphatic rings. The fourth-order valence-electron chi connectivity index (χ4n) is 2.58. The van der Waals surface area contributed by atoms with E-state index in [1.165, 1.54) is 7.11 Å². The minimum atomic E-state index is -0.208. The molecule has 0 aliphatic carbocycles. The minimum Gasteiger partial charge on any atom is -0.468 e. The number of esters is 1. The largest absolute Gasteiger partial charge is 0.468 e. The molecule has 1 fully saturated rings. The zero-order valence-electron chi connectivity index (χ0n) is 11.8. The zero-order valence-corrected chi connectivity index (χ0v) is 12.6. The molecular weight excluding hydrogens is 290 g/mol. The van der Waals surface area contributed by atoms with Gasteiger partial charge in [-0.05, 0) is 30.8 Å². The maximum Gasteiger partial charge on any atom is 0.323 e. The normalized spacial score (nSPS) is 19.6. The smallest absolute Gasteiger partial charge is 0.323 e. The fourth-order valence-corrected chi connectivity index (χ4v) is 3.23. The van der Waals surface area contributed by atoms with E-state index in [1.54, 1.807) is 11.3 Å². The maximum absolute atomic E-state index is 11.8. The van der Waals surface area contributed by atoms with Crippen LogP contribution in [0.2, 0.25) is 0 Å². The van der Waals surface area contributed by atoms with E-state index in [4.69, 9.17) is 9.26 Å². The Bertz CT molecular complexity index is 596. The second-order valence-corrected chi connectivity index (χ2v) is 5.94. The van der Waals surface area contributed by atoms with Crippen molar-refractivity contribution in [3.63, 3.8) is 0 Å². The number of rotatable bonds is 4. The van der Waals surface area contributed by atoms with E-state index in [9.17, 15) is 4.79 Å². The monoisotopic (exact) mass is 307 g/mol. The molecule has 2 aromatic heterocycles. The van der Waals surface area contributed by atoms with Gasteiger partial charge in [0.25, 0.3) is 0 Å². The van der Waals surface area contributed by atoms with Crippen molar-refractivity contribution in [1.29, 1.82) is 0 Å². The Balaban J connectivity index is 1.71. The second-order valence-electron chi connectivity index (χ2n) is 4.99. The Hall–Kier alpha value is -1.73. The average molecular weight is 307 g/mol. The number of carbonyl (C=O) groups is 1. The molecule has 1 atom stereocenters. The molecule has 6 nitrogen and oxygen atoms in total. The number of thiophene rings is 1. The molecule has 7 heteroatoms. The van der Waals surface area contributed by atoms with Crippen LogP contribution >= 0.6 is 11.3 Å². The van der Waals surface area contributed by atoms with Crippen LogP contribution in [0, 0.1) is 0 Å². The van der Waals surface area contributed by atoms with E-state index in [0.29, 0.717) is 18.3 Å². The van der Waals surface area contributed by atoms with E-state index in [0.717, 1.165) is 30.7 Å². The number of carbonyl (C=O) groups excluding carboxylic acids is 1. The van der Waals surface area contributed by atoms with E-state index in [-0.39, 0.29) is 12.0 Å². The highest BCUT2D eigenvalue weighted by Gasteiger charge is 2.30. The van der Waals surface area contributed by atoms with Crippen LogP contribution in [-0.2, 0) is 16.1 Å². The van der Waals surface area contributed by atoms with Gasteiger partial charge in [0.15, 0.2) is 0 Å². The van der Waals surface area contributed by atoms with Crippen molar-refractivity contribution < 1.29 is 14.1 Å². The van der Waals surface area contributed by atoms with Crippen molar-refractivity contribution in [2.75, 3.05) is 13.7 Å². The first kappa shape index (κ1) is 14.2. The van der Waals surface area contributed by atoms with Gasteiger partial charge in [0.2, 0.25) is 11.7 Å². The quantitative estimate of drug-likeness (QED) is 0.808. The summed E-state index contributed by atoms with van der Waals surface area (Å²) >= 11 is 1.57. The highest BCUT2D eigenvalue weighted by Crippen LogP contribution is 2.23. The van der Waals surface area contributed by atoms with Crippen LogP contribution in [0.1, 0.15) is 25.2 Å². The lowest BCUT2D eigenvalue weighted by atomic mass is 10.0. The molecule has 0 radical (unpaired) electrons. The molecule has 2 aromatic rings. The van der Waals surface area contributed by atoms with Crippen molar-refractivity contribution in [1.82, 2.24) is 15.0 Å². The molecule has 112 valence electrons. The lowest BCUT2D eigenvalue weighted by Crippen LogP contribution is -2.44. The van der Waals surface area contributed by atoms with Crippen LogP contribution in [0.25, 0.3) is 10.7 Å². The second kappa shape index (κ2) is 6.36. The molecule has 1 unspecified atom stereocenters. The van der Waals surface area contributed by atoms with Gasteiger partial charge in [-0.2, -0.15) is 4.98 Å². The number of hydrogen-bond donors (Lipinski definition) is 0. The van der Waals surface area contributed by atoms with Crippen molar-refractivity contribution in [3.8, 4) is 10.7 Å². The third-order valence-corrected chi connectivity index (χ3v) is 4.50. The van der Waals surface area contributed by atoms with Crippen molar-refractivity contribution in [3.05, 3.63) is 23.4 Å². The molecule has 0 bridgehead atoms. The number of ether oxygens (including phenoxy) is 1. The van der Waals surface area contributed by atoms with Gasteiger partial charge in [-0.1, -0.05) is 17.6 Å². The summed E-state index contributed by atoms with van der Waals surface area (Å²) in [5, 5.41) is 5.97. The summed E-state index contributed by atoms with van der Waals surface area (Å²) in [5.41, 5.74) is 0. The standard InChI is InChI=1S/C14H17N3O3S/c1-19-14(18)10-5-2-3-7-17(10)9-12-15-13(16-20-12)11-6-4-8-21-11/h4,6,8,10H,2-3,5,7,9H2,1H3. The van der Waals surface area contributed by atoms with Crippen molar-refractivity contribution in [2.24, 2.45) is 0 Å². The van der Waals surface area contributed by atoms with Gasteiger partial charge in [0.05, 0.1) is 18.5 Å². The summed E-state index contributed by atoms with van der Waals surface area (Å²) in [7, 11) is 1.43. The molecule has 0 amide bonds. The molecule has 0 saturated carbocycles. The summed E-state index contributed by atoms with van der Waals surface area (Å²) in [6.07, 6.45) is 2.93. The Morgan fingerprint density at radius 2 is 2.48 bits per heavy atom. The molecule has 0 spiro atoms. The van der Waals surface area contributed by atoms with E-state index >= 15 is 0 Å². The molecular formula is C14H17N3O3S. The number of aromatic nitrogens is 2. The first-order chi connectivity index (χ1) is 10.3. The fraction of sp³-hybridized carbons (Fsp3) is 0.500. The number of likely N-dealkylation sites (tertiary alicyclic amines) is 1. The van der Waals surface area contributed by atoms with Gasteiger partial charge in [0.1, 0.15) is 6.04 Å². The highest BCUT2D eigenvalue weighted by atomic mass is 32.1. The van der Waals surface area contributed by atoms with Crippen molar-refractivity contribution >= 4 is 17.3 Å². The summed E-state index contributed by atoms with van der Waals surface area (Å²) < 4.78 is 10.2. The number of nitrogens with zero attached hydrogens (tertiary/aromatic N) is 3. The molecule has 0 aromatic carbocycles. The highest BCUT2D eigenvalue weighted by molar-refractivity contribution is 7.13. The Morgan fingerprint density at radius 3 is 3.24 bits per heavy atom. The van der Waals surface area contributed by atoms with Crippen LogP contribution in [-0.4, -0.2) is 40.7 Å². The van der Waals surface area contributed by atoms with Crippen LogP contribution < -0.4 is 0 Å². The van der Waals surface area contributed by atoms with E-state index in [2.05, 4.69) is 15.0 Å². The van der Waals surface area contributed by atoms with Crippen LogP contribution in [0.5, 0.6) is 0 Å². The third kappa shape index (κ3) is 3.14. The summed E-state index contributed by atoms with van der Waals surface area (Å²) in [6.45, 7) is 1.33. The summed E-state index contributed by atoms with van der Waals surface area (Å²) in [5.74, 6) is 0.952. The summed E-state index contributed by atoms with van der Waals surface area (Å²) in [6, 6.07) is 3.70. The molecule has 3 rings (SSSR count). The molecule has 3 heterocycles. The van der Waals surface area contributed by atoms with Gasteiger partial charge in [-0.15, -0.1) is 11.3 Å². The Kier molecular flexibility index (Phi) is 4.31. The Morgan fingerprint density at radius 1 is 1.57 bits per heavy atom. The van der Waals surface area contributed by atoms with Crippen LogP contribution in [0.4, 0.5) is 0 Å². The molecule has 0 N–H and O–H groups in total. The summed E-state index contributed by atoms with van der Waals surface area (Å²) in [4.78, 5) is 19.3. The maximum atomic E-state index is 11.8. The lowest BCUT2D eigenvalue weighted by Gasteiger charge is -2.32. The number of methoxy groups -OCH3 is 1. The first-order valence-corrected chi connectivity index (χ1v) is 7.84. The van der Waals surface area contributed by atoms with Gasteiger partial charge in [-0.3, -0.25) is 9.69 Å². The predicted molar refractivity (Wildman–Crippen MR) is 77.7 cm³/mol.